The van der Waals surface area contributed by atoms with Gasteiger partial charge in [-0.1, -0.05) is 25.0 Å². The number of hydrogen-bond acceptors (Lipinski definition) is 7. The Morgan fingerprint density at radius 3 is 2.02 bits per heavy atom. The lowest BCUT2D eigenvalue weighted by Crippen LogP contribution is -2.33. The van der Waals surface area contributed by atoms with Gasteiger partial charge in [0.05, 0.1) is 11.4 Å². The van der Waals surface area contributed by atoms with Crippen molar-refractivity contribution >= 4 is 39.9 Å². The van der Waals surface area contributed by atoms with Gasteiger partial charge in [-0.05, 0) is 79.3 Å². The molecule has 10 heteroatoms. The first-order valence-electron chi connectivity index (χ1n) is 14.4. The second kappa shape index (κ2) is 13.7. The Balaban J connectivity index is 0.000000199. The molecule has 42 heavy (non-hydrogen) atoms. The van der Waals surface area contributed by atoms with Crippen molar-refractivity contribution in [1.29, 1.82) is 0 Å². The van der Waals surface area contributed by atoms with Gasteiger partial charge in [0.25, 0.3) is 17.7 Å². The van der Waals surface area contributed by atoms with E-state index in [0.717, 1.165) is 30.2 Å². The molecule has 0 unspecified atom stereocenters. The number of amides is 3. The van der Waals surface area contributed by atoms with Gasteiger partial charge >= 0.3 is 0 Å². The summed E-state index contributed by atoms with van der Waals surface area (Å²) in [7, 11) is 0. The molecule has 10 nitrogen and oxygen atoms in total. The third kappa shape index (κ3) is 7.06. The van der Waals surface area contributed by atoms with Crippen molar-refractivity contribution in [2.75, 3.05) is 24.1 Å². The van der Waals surface area contributed by atoms with Gasteiger partial charge in [-0.3, -0.25) is 19.4 Å². The number of pyridine rings is 3. The molecule has 5 N–H and O–H groups in total. The van der Waals surface area contributed by atoms with E-state index in [-0.39, 0.29) is 23.4 Å². The summed E-state index contributed by atoms with van der Waals surface area (Å²) in [5.41, 5.74) is 7.57. The molecule has 3 heterocycles. The van der Waals surface area contributed by atoms with Crippen molar-refractivity contribution in [3.63, 3.8) is 0 Å². The molecule has 6 rings (SSSR count). The molecule has 0 saturated heterocycles. The Hall–Kier alpha value is -4.86. The zero-order valence-electron chi connectivity index (χ0n) is 23.4. The van der Waals surface area contributed by atoms with Crippen LogP contribution in [0.5, 0.6) is 0 Å². The molecular formula is C32H35N7O3. The van der Waals surface area contributed by atoms with Crippen LogP contribution in [0.2, 0.25) is 0 Å². The molecule has 3 amide bonds. The third-order valence-electron chi connectivity index (χ3n) is 7.80. The summed E-state index contributed by atoms with van der Waals surface area (Å²) < 4.78 is 0. The largest absolute Gasteiger partial charge is 0.397 e. The van der Waals surface area contributed by atoms with E-state index in [2.05, 4.69) is 30.9 Å². The van der Waals surface area contributed by atoms with E-state index in [9.17, 15) is 14.4 Å². The van der Waals surface area contributed by atoms with Gasteiger partial charge in [-0.25, -0.2) is 9.97 Å². The molecule has 2 aliphatic rings. The summed E-state index contributed by atoms with van der Waals surface area (Å²) in [6, 6.07) is 14.1. The van der Waals surface area contributed by atoms with Gasteiger partial charge in [-0.2, -0.15) is 0 Å². The highest BCUT2D eigenvalue weighted by molar-refractivity contribution is 6.14. The Kier molecular flexibility index (Phi) is 9.33. The number of rotatable bonds is 8. The van der Waals surface area contributed by atoms with E-state index < -0.39 is 0 Å². The molecule has 0 radical (unpaired) electrons. The molecular weight excluding hydrogens is 530 g/mol. The second-order valence-electron chi connectivity index (χ2n) is 10.7. The van der Waals surface area contributed by atoms with Gasteiger partial charge in [0, 0.05) is 48.8 Å². The fourth-order valence-electron chi connectivity index (χ4n) is 4.84. The number of nitrogens with one attached hydrogen (secondary N) is 3. The molecule has 0 atom stereocenters. The van der Waals surface area contributed by atoms with E-state index in [4.69, 9.17) is 5.73 Å². The minimum Gasteiger partial charge on any atom is -0.397 e. The number of hydrogen-bond donors (Lipinski definition) is 4. The molecule has 0 spiro atoms. The number of carbonyl (C=O) groups is 3. The van der Waals surface area contributed by atoms with Crippen LogP contribution < -0.4 is 21.7 Å². The van der Waals surface area contributed by atoms with Crippen LogP contribution in [-0.2, 0) is 0 Å². The maximum Gasteiger partial charge on any atom is 0.272 e. The van der Waals surface area contributed by atoms with E-state index in [1.54, 1.807) is 61.2 Å². The van der Waals surface area contributed by atoms with Gasteiger partial charge in [0.15, 0.2) is 11.4 Å². The first kappa shape index (κ1) is 28.7. The first-order chi connectivity index (χ1) is 20.5. The summed E-state index contributed by atoms with van der Waals surface area (Å²) >= 11 is 0. The smallest absolute Gasteiger partial charge is 0.272 e. The SMILES string of the molecule is Nc1cccnc1C(=O)NCC1CCC1.O=C(NCC1CCC1)c1ncccc1NC(=O)c1cccc2cnccc12. The topological polar surface area (TPSA) is 152 Å². The summed E-state index contributed by atoms with van der Waals surface area (Å²) in [5, 5.41) is 10.3. The molecule has 216 valence electrons. The predicted molar refractivity (Wildman–Crippen MR) is 162 cm³/mol. The number of carbonyl (C=O) groups excluding carboxylic acids is 3. The summed E-state index contributed by atoms with van der Waals surface area (Å²) in [5.74, 6) is 0.492. The molecule has 2 fully saturated rings. The van der Waals surface area contributed by atoms with Crippen LogP contribution in [0.3, 0.4) is 0 Å². The fraction of sp³-hybridized carbons (Fsp3) is 0.312. The molecule has 3 aromatic heterocycles. The fourth-order valence-corrected chi connectivity index (χ4v) is 4.84. The van der Waals surface area contributed by atoms with Crippen molar-refractivity contribution in [2.45, 2.75) is 38.5 Å². The highest BCUT2D eigenvalue weighted by Gasteiger charge is 2.21. The number of fused-ring (bicyclic) bond motifs is 1. The van der Waals surface area contributed by atoms with Gasteiger partial charge in [0.1, 0.15) is 0 Å². The highest BCUT2D eigenvalue weighted by atomic mass is 16.2. The first-order valence-corrected chi connectivity index (χ1v) is 14.4. The minimum atomic E-state index is -0.284. The average Bonchev–Trinajstić information content (AvgIpc) is 2.96. The van der Waals surface area contributed by atoms with E-state index >= 15 is 0 Å². The second-order valence-corrected chi connectivity index (χ2v) is 10.7. The molecule has 2 aliphatic carbocycles. The number of nitrogens with zero attached hydrogens (tertiary/aromatic N) is 3. The Morgan fingerprint density at radius 2 is 1.38 bits per heavy atom. The minimum absolute atomic E-state index is 0.167. The van der Waals surface area contributed by atoms with E-state index in [1.807, 2.05) is 12.1 Å². The summed E-state index contributed by atoms with van der Waals surface area (Å²) in [6.07, 6.45) is 13.8. The predicted octanol–water partition coefficient (Wildman–Crippen LogP) is 4.61. The number of benzene rings is 1. The quantitative estimate of drug-likeness (QED) is 0.244. The average molecular weight is 566 g/mol. The molecule has 0 aliphatic heterocycles. The van der Waals surface area contributed by atoms with Crippen LogP contribution in [0.15, 0.2) is 73.3 Å². The standard InChI is InChI=1S/C21H20N4O2.C11H15N3O/c26-20(17-7-2-6-15-13-22-11-9-16(15)17)25-18-8-3-10-23-19(18)21(27)24-12-14-4-1-5-14;12-9-5-2-6-13-10(9)11(15)14-7-8-3-1-4-8/h2-3,6-11,13-14H,1,4-5,12H2,(H,24,27)(H,25,26);2,5-6,8H,1,3-4,7,12H2,(H,14,15). The van der Waals surface area contributed by atoms with Crippen molar-refractivity contribution < 1.29 is 14.4 Å². The van der Waals surface area contributed by atoms with E-state index in [0.29, 0.717) is 41.0 Å². The Bertz CT molecular complexity index is 1560. The van der Waals surface area contributed by atoms with Crippen molar-refractivity contribution in [1.82, 2.24) is 25.6 Å². The number of anilines is 2. The van der Waals surface area contributed by atoms with Crippen LogP contribution in [0.1, 0.15) is 69.9 Å². The molecule has 0 bridgehead atoms. The lowest BCUT2D eigenvalue weighted by molar-refractivity contribution is 0.0927. The highest BCUT2D eigenvalue weighted by Crippen LogP contribution is 2.26. The zero-order chi connectivity index (χ0) is 29.3. The zero-order valence-corrected chi connectivity index (χ0v) is 23.4. The lowest BCUT2D eigenvalue weighted by Gasteiger charge is -2.25. The van der Waals surface area contributed by atoms with Gasteiger partial charge in [0.2, 0.25) is 0 Å². The number of aromatic nitrogens is 3. The van der Waals surface area contributed by atoms with Gasteiger partial charge < -0.3 is 21.7 Å². The normalized spacial score (nSPS) is 14.5. The maximum absolute atomic E-state index is 12.8. The molecule has 1 aromatic carbocycles. The number of nitrogens with two attached hydrogens (primary N) is 1. The Labute approximate surface area is 244 Å². The maximum atomic E-state index is 12.8. The summed E-state index contributed by atoms with van der Waals surface area (Å²) in [4.78, 5) is 49.2. The Morgan fingerprint density at radius 1 is 0.738 bits per heavy atom. The van der Waals surface area contributed by atoms with Crippen LogP contribution in [0.4, 0.5) is 11.4 Å². The number of nitrogen functional groups attached to an aromatic ring is 1. The van der Waals surface area contributed by atoms with Crippen LogP contribution >= 0.6 is 0 Å². The molecule has 4 aromatic rings. The van der Waals surface area contributed by atoms with Crippen molar-refractivity contribution in [3.8, 4) is 0 Å². The van der Waals surface area contributed by atoms with Crippen molar-refractivity contribution in [2.24, 2.45) is 11.8 Å². The van der Waals surface area contributed by atoms with Gasteiger partial charge in [-0.15, -0.1) is 0 Å². The third-order valence-corrected chi connectivity index (χ3v) is 7.80. The van der Waals surface area contributed by atoms with E-state index in [1.165, 1.54) is 25.7 Å². The molecule has 2 saturated carbocycles. The van der Waals surface area contributed by atoms with Crippen LogP contribution in [0.25, 0.3) is 10.8 Å². The van der Waals surface area contributed by atoms with Crippen LogP contribution in [-0.4, -0.2) is 45.8 Å². The lowest BCUT2D eigenvalue weighted by atomic mass is 9.85. The van der Waals surface area contributed by atoms with Crippen LogP contribution in [0, 0.1) is 11.8 Å². The monoisotopic (exact) mass is 565 g/mol. The summed E-state index contributed by atoms with van der Waals surface area (Å²) in [6.45, 7) is 1.40. The van der Waals surface area contributed by atoms with Crippen molar-refractivity contribution in [3.05, 3.63) is 90.3 Å².